The number of aromatic nitrogens is 3. The van der Waals surface area contributed by atoms with Gasteiger partial charge in [0.2, 0.25) is 0 Å². The minimum absolute atomic E-state index is 0.149. The minimum atomic E-state index is -0.395. The molecule has 2 rings (SSSR count). The van der Waals surface area contributed by atoms with E-state index in [0.717, 1.165) is 5.69 Å². The third kappa shape index (κ3) is 2.25. The molecule has 2 aromatic rings. The predicted octanol–water partition coefficient (Wildman–Crippen LogP) is 1.08. The zero-order chi connectivity index (χ0) is 12.4. The Morgan fingerprint density at radius 3 is 2.88 bits per heavy atom. The summed E-state index contributed by atoms with van der Waals surface area (Å²) in [4.78, 5) is 15.6. The van der Waals surface area contributed by atoms with E-state index < -0.39 is 5.91 Å². The zero-order valence-electron chi connectivity index (χ0n) is 9.51. The largest absolute Gasteiger partial charge is 0.505 e. The zero-order valence-corrected chi connectivity index (χ0v) is 9.51. The average molecular weight is 232 g/mol. The van der Waals surface area contributed by atoms with Crippen molar-refractivity contribution in [3.8, 4) is 5.75 Å². The van der Waals surface area contributed by atoms with Crippen LogP contribution in [-0.4, -0.2) is 25.8 Å². The monoisotopic (exact) mass is 232 g/mol. The van der Waals surface area contributed by atoms with Gasteiger partial charge in [-0.25, -0.2) is 0 Å². The summed E-state index contributed by atoms with van der Waals surface area (Å²) < 4.78 is 1.56. The van der Waals surface area contributed by atoms with Gasteiger partial charge in [0.25, 0.3) is 5.91 Å². The van der Waals surface area contributed by atoms with Gasteiger partial charge in [0.15, 0.2) is 0 Å². The number of carbonyl (C=O) groups excluding carboxylic acids is 1. The van der Waals surface area contributed by atoms with Gasteiger partial charge in [-0.3, -0.25) is 14.5 Å². The molecule has 0 spiro atoms. The molecule has 0 unspecified atom stereocenters. The molecule has 0 saturated carbocycles. The maximum atomic E-state index is 11.9. The number of carbonyl (C=O) groups is 1. The molecule has 17 heavy (non-hydrogen) atoms. The van der Waals surface area contributed by atoms with Crippen LogP contribution in [0, 0.1) is 6.92 Å². The highest BCUT2D eigenvalue weighted by atomic mass is 16.3. The number of amides is 1. The summed E-state index contributed by atoms with van der Waals surface area (Å²) in [5.41, 5.74) is 0.987. The van der Waals surface area contributed by atoms with Gasteiger partial charge in [0.1, 0.15) is 11.6 Å². The van der Waals surface area contributed by atoms with Crippen LogP contribution in [0.3, 0.4) is 0 Å². The topological polar surface area (TPSA) is 80.0 Å². The molecule has 88 valence electrons. The van der Waals surface area contributed by atoms with Crippen LogP contribution in [0.15, 0.2) is 24.5 Å². The lowest BCUT2D eigenvalue weighted by atomic mass is 10.2. The SMILES string of the molecule is Cc1cc(NC(=O)c2ccncc2O)n(C)n1. The fourth-order valence-corrected chi connectivity index (χ4v) is 1.49. The van der Waals surface area contributed by atoms with Crippen molar-refractivity contribution in [3.05, 3.63) is 35.8 Å². The van der Waals surface area contributed by atoms with E-state index in [1.807, 2.05) is 6.92 Å². The number of nitrogens with zero attached hydrogens (tertiary/aromatic N) is 3. The van der Waals surface area contributed by atoms with Crippen molar-refractivity contribution in [1.29, 1.82) is 0 Å². The molecule has 1 amide bonds. The van der Waals surface area contributed by atoms with E-state index in [4.69, 9.17) is 0 Å². The lowest BCUT2D eigenvalue weighted by molar-refractivity contribution is 0.102. The van der Waals surface area contributed by atoms with Crippen molar-refractivity contribution in [2.75, 3.05) is 5.32 Å². The van der Waals surface area contributed by atoms with Crippen molar-refractivity contribution in [3.63, 3.8) is 0 Å². The summed E-state index contributed by atoms with van der Waals surface area (Å²) in [7, 11) is 1.73. The van der Waals surface area contributed by atoms with Gasteiger partial charge in [0, 0.05) is 19.3 Å². The molecule has 6 heteroatoms. The van der Waals surface area contributed by atoms with Crippen molar-refractivity contribution in [2.45, 2.75) is 6.92 Å². The van der Waals surface area contributed by atoms with Crippen LogP contribution in [0.25, 0.3) is 0 Å². The van der Waals surface area contributed by atoms with Crippen LogP contribution in [0.5, 0.6) is 5.75 Å². The first-order valence-electron chi connectivity index (χ1n) is 5.03. The van der Waals surface area contributed by atoms with E-state index in [9.17, 15) is 9.90 Å². The van der Waals surface area contributed by atoms with Crippen molar-refractivity contribution in [2.24, 2.45) is 7.05 Å². The van der Waals surface area contributed by atoms with Gasteiger partial charge >= 0.3 is 0 Å². The fraction of sp³-hybridized carbons (Fsp3) is 0.182. The smallest absolute Gasteiger partial charge is 0.260 e. The average Bonchev–Trinajstić information content (AvgIpc) is 2.58. The second kappa shape index (κ2) is 4.25. The Kier molecular flexibility index (Phi) is 2.78. The quantitative estimate of drug-likeness (QED) is 0.812. The number of hydrogen-bond donors (Lipinski definition) is 2. The van der Waals surface area contributed by atoms with Crippen LogP contribution in [0.2, 0.25) is 0 Å². The summed E-state index contributed by atoms with van der Waals surface area (Å²) in [5.74, 6) is 0.0282. The summed E-state index contributed by atoms with van der Waals surface area (Å²) in [6, 6.07) is 3.20. The van der Waals surface area contributed by atoms with Crippen LogP contribution >= 0.6 is 0 Å². The summed E-state index contributed by atoms with van der Waals surface area (Å²) in [5, 5.41) is 16.3. The molecule has 0 bridgehead atoms. The fourth-order valence-electron chi connectivity index (χ4n) is 1.49. The van der Waals surface area contributed by atoms with Gasteiger partial charge in [-0.15, -0.1) is 0 Å². The molecule has 0 radical (unpaired) electrons. The van der Waals surface area contributed by atoms with Gasteiger partial charge in [-0.1, -0.05) is 0 Å². The van der Waals surface area contributed by atoms with Gasteiger partial charge in [0.05, 0.1) is 17.5 Å². The van der Waals surface area contributed by atoms with Gasteiger partial charge in [-0.2, -0.15) is 5.10 Å². The standard InChI is InChI=1S/C11H12N4O2/c1-7-5-10(15(2)14-7)13-11(17)8-3-4-12-6-9(8)16/h3-6,16H,1-2H3,(H,13,17). The molecule has 2 N–H and O–H groups in total. The lowest BCUT2D eigenvalue weighted by Gasteiger charge is -2.05. The molecule has 0 aliphatic rings. The van der Waals surface area contributed by atoms with Crippen molar-refractivity contribution >= 4 is 11.7 Å². The maximum absolute atomic E-state index is 11.9. The van der Waals surface area contributed by atoms with E-state index in [1.54, 1.807) is 17.8 Å². The molecule has 0 atom stereocenters. The number of anilines is 1. The third-order valence-corrected chi connectivity index (χ3v) is 2.29. The normalized spacial score (nSPS) is 10.2. The van der Waals surface area contributed by atoms with Crippen molar-refractivity contribution in [1.82, 2.24) is 14.8 Å². The first-order chi connectivity index (χ1) is 8.08. The van der Waals surface area contributed by atoms with E-state index >= 15 is 0 Å². The molecule has 0 saturated heterocycles. The second-order valence-electron chi connectivity index (χ2n) is 3.64. The molecule has 2 aromatic heterocycles. The number of hydrogen-bond acceptors (Lipinski definition) is 4. The lowest BCUT2D eigenvalue weighted by Crippen LogP contribution is -2.14. The van der Waals surface area contributed by atoms with E-state index in [2.05, 4.69) is 15.4 Å². The van der Waals surface area contributed by atoms with E-state index in [1.165, 1.54) is 18.5 Å². The Morgan fingerprint density at radius 2 is 2.29 bits per heavy atom. The number of aryl methyl sites for hydroxylation is 2. The minimum Gasteiger partial charge on any atom is -0.505 e. The Hall–Kier alpha value is -2.37. The van der Waals surface area contributed by atoms with Gasteiger partial charge < -0.3 is 10.4 Å². The molecule has 0 aliphatic carbocycles. The molecular weight excluding hydrogens is 220 g/mol. The van der Waals surface area contributed by atoms with Crippen LogP contribution in [-0.2, 0) is 7.05 Å². The maximum Gasteiger partial charge on any atom is 0.260 e. The Bertz CT molecular complexity index is 562. The number of pyridine rings is 1. The first-order valence-corrected chi connectivity index (χ1v) is 5.03. The number of aromatic hydroxyl groups is 1. The highest BCUT2D eigenvalue weighted by Gasteiger charge is 2.12. The second-order valence-corrected chi connectivity index (χ2v) is 3.64. The Morgan fingerprint density at radius 1 is 1.53 bits per heavy atom. The summed E-state index contributed by atoms with van der Waals surface area (Å²) in [6.07, 6.45) is 2.67. The third-order valence-electron chi connectivity index (χ3n) is 2.29. The molecule has 0 aliphatic heterocycles. The van der Waals surface area contributed by atoms with Crippen LogP contribution in [0.1, 0.15) is 16.1 Å². The summed E-state index contributed by atoms with van der Waals surface area (Å²) >= 11 is 0. The van der Waals surface area contributed by atoms with Crippen molar-refractivity contribution < 1.29 is 9.90 Å². The summed E-state index contributed by atoms with van der Waals surface area (Å²) in [6.45, 7) is 1.83. The predicted molar refractivity (Wildman–Crippen MR) is 61.8 cm³/mol. The van der Waals surface area contributed by atoms with Gasteiger partial charge in [-0.05, 0) is 13.0 Å². The molecule has 2 heterocycles. The van der Waals surface area contributed by atoms with E-state index in [0.29, 0.717) is 5.82 Å². The van der Waals surface area contributed by atoms with Crippen LogP contribution < -0.4 is 5.32 Å². The van der Waals surface area contributed by atoms with Crippen LogP contribution in [0.4, 0.5) is 5.82 Å². The van der Waals surface area contributed by atoms with E-state index in [-0.39, 0.29) is 11.3 Å². The number of nitrogens with one attached hydrogen (secondary N) is 1. The Balaban J connectivity index is 2.23. The first kappa shape index (κ1) is 11.1. The molecular formula is C11H12N4O2. The highest BCUT2D eigenvalue weighted by Crippen LogP contribution is 2.16. The molecule has 6 nitrogen and oxygen atoms in total. The number of rotatable bonds is 2. The highest BCUT2D eigenvalue weighted by molar-refractivity contribution is 6.05. The Labute approximate surface area is 97.9 Å². The molecule has 0 fully saturated rings. The molecule has 0 aromatic carbocycles.